The lowest BCUT2D eigenvalue weighted by molar-refractivity contribution is -0.146. The maximum absolute atomic E-state index is 11.8. The first-order chi connectivity index (χ1) is 9.27. The van der Waals surface area contributed by atoms with E-state index in [9.17, 15) is 9.59 Å². The number of nitrogens with one attached hydrogen (secondary N) is 1. The fourth-order valence-corrected chi connectivity index (χ4v) is 1.99. The molecule has 0 saturated carbocycles. The predicted octanol–water partition coefficient (Wildman–Crippen LogP) is 1.15. The van der Waals surface area contributed by atoms with Gasteiger partial charge in [-0.2, -0.15) is 5.10 Å². The first-order valence-corrected chi connectivity index (χ1v) is 6.45. The fourth-order valence-electron chi connectivity index (χ4n) is 1.99. The van der Waals surface area contributed by atoms with Crippen molar-refractivity contribution in [1.82, 2.24) is 10.3 Å². The van der Waals surface area contributed by atoms with Crippen molar-refractivity contribution >= 4 is 18.0 Å². The van der Waals surface area contributed by atoms with Gasteiger partial charge in [0, 0.05) is 13.1 Å². The van der Waals surface area contributed by atoms with Crippen LogP contribution in [0.4, 0.5) is 0 Å². The molecule has 19 heavy (non-hydrogen) atoms. The number of benzene rings is 1. The standard InChI is InChI=1S/C14H17N3O2/c18-13(14(19)17-9-5-2-6-10-17)16-15-11-12-7-3-1-4-8-12/h1,3-4,7-8,11H,2,5-6,9-10H2,(H,16,18)/b15-11-. The highest BCUT2D eigenvalue weighted by molar-refractivity contribution is 6.35. The summed E-state index contributed by atoms with van der Waals surface area (Å²) in [5, 5.41) is 3.79. The molecule has 0 radical (unpaired) electrons. The molecule has 1 aromatic carbocycles. The van der Waals surface area contributed by atoms with E-state index in [1.165, 1.54) is 6.21 Å². The molecule has 1 saturated heterocycles. The number of rotatable bonds is 2. The number of likely N-dealkylation sites (tertiary alicyclic amines) is 1. The summed E-state index contributed by atoms with van der Waals surface area (Å²) in [6, 6.07) is 9.38. The van der Waals surface area contributed by atoms with Gasteiger partial charge in [-0.1, -0.05) is 30.3 Å². The molecule has 1 aromatic rings. The molecular formula is C14H17N3O2. The Kier molecular flexibility index (Phi) is 4.66. The van der Waals surface area contributed by atoms with Crippen LogP contribution in [-0.4, -0.2) is 36.0 Å². The third kappa shape index (κ3) is 3.91. The summed E-state index contributed by atoms with van der Waals surface area (Å²) in [5.74, 6) is -1.17. The zero-order valence-corrected chi connectivity index (χ0v) is 10.7. The van der Waals surface area contributed by atoms with Gasteiger partial charge in [0.05, 0.1) is 6.21 Å². The molecular weight excluding hydrogens is 242 g/mol. The number of amides is 2. The van der Waals surface area contributed by atoms with E-state index in [-0.39, 0.29) is 0 Å². The molecule has 5 heteroatoms. The van der Waals surface area contributed by atoms with Crippen LogP contribution in [0.2, 0.25) is 0 Å². The first kappa shape index (κ1) is 13.3. The molecule has 1 N–H and O–H groups in total. The summed E-state index contributed by atoms with van der Waals surface area (Å²) >= 11 is 0. The van der Waals surface area contributed by atoms with Crippen LogP contribution in [0.3, 0.4) is 0 Å². The highest BCUT2D eigenvalue weighted by Gasteiger charge is 2.22. The predicted molar refractivity (Wildman–Crippen MR) is 72.6 cm³/mol. The topological polar surface area (TPSA) is 61.8 Å². The second-order valence-electron chi connectivity index (χ2n) is 4.46. The molecule has 0 spiro atoms. The summed E-state index contributed by atoms with van der Waals surface area (Å²) < 4.78 is 0. The second-order valence-corrected chi connectivity index (χ2v) is 4.46. The van der Waals surface area contributed by atoms with Crippen molar-refractivity contribution in [3.05, 3.63) is 35.9 Å². The number of piperidine rings is 1. The van der Waals surface area contributed by atoms with E-state index in [0.29, 0.717) is 13.1 Å². The molecule has 2 amide bonds. The molecule has 5 nitrogen and oxygen atoms in total. The van der Waals surface area contributed by atoms with Crippen LogP contribution in [0.1, 0.15) is 24.8 Å². The Hall–Kier alpha value is -2.17. The largest absolute Gasteiger partial charge is 0.334 e. The van der Waals surface area contributed by atoms with Gasteiger partial charge in [-0.15, -0.1) is 0 Å². The molecule has 2 rings (SSSR count). The van der Waals surface area contributed by atoms with Crippen molar-refractivity contribution < 1.29 is 9.59 Å². The molecule has 1 fully saturated rings. The second kappa shape index (κ2) is 6.68. The summed E-state index contributed by atoms with van der Waals surface area (Å²) in [7, 11) is 0. The lowest BCUT2D eigenvalue weighted by Gasteiger charge is -2.25. The molecule has 100 valence electrons. The summed E-state index contributed by atoms with van der Waals surface area (Å²) in [4.78, 5) is 25.0. The Morgan fingerprint density at radius 1 is 1.11 bits per heavy atom. The molecule has 1 heterocycles. The molecule has 0 atom stereocenters. The Labute approximate surface area is 112 Å². The third-order valence-corrected chi connectivity index (χ3v) is 3.02. The highest BCUT2D eigenvalue weighted by atomic mass is 16.2. The maximum atomic E-state index is 11.8. The quantitative estimate of drug-likeness (QED) is 0.492. The minimum atomic E-state index is -0.672. The van der Waals surface area contributed by atoms with Gasteiger partial charge >= 0.3 is 11.8 Å². The van der Waals surface area contributed by atoms with E-state index in [0.717, 1.165) is 24.8 Å². The van der Waals surface area contributed by atoms with Crippen LogP contribution in [-0.2, 0) is 9.59 Å². The van der Waals surface area contributed by atoms with Gasteiger partial charge in [0.15, 0.2) is 0 Å². The number of hydrazone groups is 1. The number of carbonyl (C=O) groups is 2. The van der Waals surface area contributed by atoms with E-state index < -0.39 is 11.8 Å². The fraction of sp³-hybridized carbons (Fsp3) is 0.357. The van der Waals surface area contributed by atoms with Crippen molar-refractivity contribution in [1.29, 1.82) is 0 Å². The van der Waals surface area contributed by atoms with E-state index in [4.69, 9.17) is 0 Å². The average Bonchev–Trinajstić information content (AvgIpc) is 2.48. The van der Waals surface area contributed by atoms with Crippen molar-refractivity contribution in [3.63, 3.8) is 0 Å². The summed E-state index contributed by atoms with van der Waals surface area (Å²) in [6.07, 6.45) is 4.57. The monoisotopic (exact) mass is 259 g/mol. The van der Waals surface area contributed by atoms with Gasteiger partial charge < -0.3 is 4.90 Å². The minimum Gasteiger partial charge on any atom is -0.334 e. The normalized spacial score (nSPS) is 15.5. The molecule has 1 aliphatic rings. The first-order valence-electron chi connectivity index (χ1n) is 6.45. The van der Waals surface area contributed by atoms with Crippen LogP contribution >= 0.6 is 0 Å². The lowest BCUT2D eigenvalue weighted by Crippen LogP contribution is -2.43. The molecule has 1 aliphatic heterocycles. The van der Waals surface area contributed by atoms with Crippen molar-refractivity contribution in [3.8, 4) is 0 Å². The summed E-state index contributed by atoms with van der Waals surface area (Å²) in [6.45, 7) is 1.32. The molecule has 0 bridgehead atoms. The Balaban J connectivity index is 1.83. The van der Waals surface area contributed by atoms with Crippen molar-refractivity contribution in [2.24, 2.45) is 5.10 Å². The maximum Gasteiger partial charge on any atom is 0.329 e. The smallest absolute Gasteiger partial charge is 0.329 e. The number of carbonyl (C=O) groups excluding carboxylic acids is 2. The van der Waals surface area contributed by atoms with Gasteiger partial charge in [0.25, 0.3) is 0 Å². The minimum absolute atomic E-state index is 0.495. The van der Waals surface area contributed by atoms with Gasteiger partial charge in [0.2, 0.25) is 0 Å². The van der Waals surface area contributed by atoms with E-state index >= 15 is 0 Å². The SMILES string of the molecule is O=C(N/N=C\c1ccccc1)C(=O)N1CCCCC1. The van der Waals surface area contributed by atoms with Crippen molar-refractivity contribution in [2.45, 2.75) is 19.3 Å². The van der Waals surface area contributed by atoms with Crippen LogP contribution < -0.4 is 5.43 Å². The number of hydrogen-bond donors (Lipinski definition) is 1. The van der Waals surface area contributed by atoms with Crippen LogP contribution in [0.5, 0.6) is 0 Å². The van der Waals surface area contributed by atoms with E-state index in [1.54, 1.807) is 4.90 Å². The van der Waals surface area contributed by atoms with Gasteiger partial charge in [-0.25, -0.2) is 5.43 Å². The highest BCUT2D eigenvalue weighted by Crippen LogP contribution is 2.08. The summed E-state index contributed by atoms with van der Waals surface area (Å²) in [5.41, 5.74) is 3.14. The molecule has 0 aromatic heterocycles. The average molecular weight is 259 g/mol. The molecule has 0 unspecified atom stereocenters. The van der Waals surface area contributed by atoms with Crippen LogP contribution in [0.15, 0.2) is 35.4 Å². The zero-order chi connectivity index (χ0) is 13.5. The number of hydrogen-bond acceptors (Lipinski definition) is 3. The van der Waals surface area contributed by atoms with Gasteiger partial charge in [-0.3, -0.25) is 9.59 Å². The Bertz CT molecular complexity index is 465. The van der Waals surface area contributed by atoms with Crippen molar-refractivity contribution in [2.75, 3.05) is 13.1 Å². The Morgan fingerprint density at radius 2 is 1.79 bits per heavy atom. The Morgan fingerprint density at radius 3 is 2.47 bits per heavy atom. The van der Waals surface area contributed by atoms with Crippen LogP contribution in [0.25, 0.3) is 0 Å². The lowest BCUT2D eigenvalue weighted by atomic mass is 10.1. The number of nitrogens with zero attached hydrogens (tertiary/aromatic N) is 2. The van der Waals surface area contributed by atoms with Crippen LogP contribution in [0, 0.1) is 0 Å². The van der Waals surface area contributed by atoms with Gasteiger partial charge in [-0.05, 0) is 24.8 Å². The zero-order valence-electron chi connectivity index (χ0n) is 10.7. The van der Waals surface area contributed by atoms with E-state index in [2.05, 4.69) is 10.5 Å². The van der Waals surface area contributed by atoms with Gasteiger partial charge in [0.1, 0.15) is 0 Å². The van der Waals surface area contributed by atoms with E-state index in [1.807, 2.05) is 30.3 Å². The third-order valence-electron chi connectivity index (χ3n) is 3.02. The molecule has 0 aliphatic carbocycles.